The molecule has 0 saturated carbocycles. The van der Waals surface area contributed by atoms with E-state index >= 15 is 0 Å². The number of benzene rings is 1. The summed E-state index contributed by atoms with van der Waals surface area (Å²) in [5.41, 5.74) is 5.16. The van der Waals surface area contributed by atoms with Crippen molar-refractivity contribution >= 4 is 27.3 Å². The van der Waals surface area contributed by atoms with Crippen LogP contribution in [0.15, 0.2) is 30.3 Å². The van der Waals surface area contributed by atoms with Crippen LogP contribution >= 0.6 is 0 Å². The molecule has 0 atom stereocenters. The van der Waals surface area contributed by atoms with Gasteiger partial charge in [0.25, 0.3) is 0 Å². The van der Waals surface area contributed by atoms with E-state index in [2.05, 4.69) is 30.0 Å². The first kappa shape index (κ1) is 24.5. The van der Waals surface area contributed by atoms with Gasteiger partial charge in [-0.2, -0.15) is 0 Å². The van der Waals surface area contributed by atoms with E-state index in [1.54, 1.807) is 0 Å². The van der Waals surface area contributed by atoms with E-state index in [1.807, 2.05) is 6.07 Å². The molecule has 0 aromatic heterocycles. The number of quaternary nitrogens is 1. The molecule has 0 heterocycles. The van der Waals surface area contributed by atoms with Gasteiger partial charge in [0, 0.05) is 6.42 Å². The van der Waals surface area contributed by atoms with Crippen molar-refractivity contribution in [3.8, 4) is 0 Å². The Bertz CT molecular complexity index is 172. The fourth-order valence-corrected chi connectivity index (χ4v) is 0.849. The molecule has 3 N–H and O–H groups in total. The summed E-state index contributed by atoms with van der Waals surface area (Å²) in [6.45, 7) is 0.990. The average Bonchev–Trinajstić information content (AvgIpc) is 1.91. The Labute approximate surface area is 151 Å². The molecule has 0 aliphatic carbocycles. The number of hydrogen-bond donors (Lipinski definition) is 1. The minimum Gasteiger partial charge on any atom is -1.00 e. The molecule has 0 aliphatic heterocycles. The zero-order valence-electron chi connectivity index (χ0n) is 7.14. The quantitative estimate of drug-likeness (QED) is 0.234. The SMILES string of the molecule is [I-].[I-].[I-].[NH3+]CCc1ccccc1.[Pb+2]. The molecule has 13 heavy (non-hydrogen) atoms. The monoisotopic (exact) mass is 711 g/mol. The van der Waals surface area contributed by atoms with Gasteiger partial charge in [0.1, 0.15) is 0 Å². The summed E-state index contributed by atoms with van der Waals surface area (Å²) in [7, 11) is 0. The Morgan fingerprint density at radius 3 is 1.77 bits per heavy atom. The Morgan fingerprint density at radius 1 is 0.923 bits per heavy atom. The van der Waals surface area contributed by atoms with Gasteiger partial charge in [0.2, 0.25) is 0 Å². The third-order valence-electron chi connectivity index (χ3n) is 1.31. The van der Waals surface area contributed by atoms with E-state index in [4.69, 9.17) is 0 Å². The molecule has 0 aliphatic rings. The van der Waals surface area contributed by atoms with Gasteiger partial charge in [-0.1, -0.05) is 30.3 Å². The second-order valence-corrected chi connectivity index (χ2v) is 2.09. The van der Waals surface area contributed by atoms with Gasteiger partial charge in [-0.3, -0.25) is 0 Å². The van der Waals surface area contributed by atoms with E-state index in [9.17, 15) is 0 Å². The third kappa shape index (κ3) is 12.2. The number of halogens is 3. The summed E-state index contributed by atoms with van der Waals surface area (Å²) in [6.07, 6.45) is 1.10. The van der Waals surface area contributed by atoms with Crippen molar-refractivity contribution in [2.24, 2.45) is 0 Å². The van der Waals surface area contributed by atoms with E-state index in [0.717, 1.165) is 13.0 Å². The molecule has 74 valence electrons. The van der Waals surface area contributed by atoms with Crippen LogP contribution in [-0.4, -0.2) is 33.8 Å². The summed E-state index contributed by atoms with van der Waals surface area (Å²) < 4.78 is 0. The summed E-state index contributed by atoms with van der Waals surface area (Å²) in [6, 6.07) is 10.4. The van der Waals surface area contributed by atoms with Crippen LogP contribution < -0.4 is 77.7 Å². The van der Waals surface area contributed by atoms with Gasteiger partial charge >= 0.3 is 27.3 Å². The first-order chi connectivity index (χ1) is 4.43. The van der Waals surface area contributed by atoms with E-state index in [-0.39, 0.29) is 99.2 Å². The molecular formula is C8H12I3NPb. The minimum absolute atomic E-state index is 0. The van der Waals surface area contributed by atoms with Gasteiger partial charge < -0.3 is 77.7 Å². The molecule has 0 saturated heterocycles. The van der Waals surface area contributed by atoms with Gasteiger partial charge in [0.15, 0.2) is 0 Å². The smallest absolute Gasteiger partial charge is 1.00 e. The van der Waals surface area contributed by atoms with Crippen molar-refractivity contribution in [1.29, 1.82) is 0 Å². The second kappa shape index (κ2) is 16.7. The molecule has 2 radical (unpaired) electrons. The van der Waals surface area contributed by atoms with Crippen LogP contribution in [0.5, 0.6) is 0 Å². The van der Waals surface area contributed by atoms with Gasteiger partial charge in [-0.05, 0) is 5.56 Å². The molecule has 0 bridgehead atoms. The van der Waals surface area contributed by atoms with E-state index < -0.39 is 0 Å². The molecule has 0 spiro atoms. The molecule has 5 heteroatoms. The normalized spacial score (nSPS) is 6.54. The topological polar surface area (TPSA) is 27.6 Å². The van der Waals surface area contributed by atoms with E-state index in [1.165, 1.54) is 5.56 Å². The van der Waals surface area contributed by atoms with Gasteiger partial charge in [-0.15, -0.1) is 0 Å². The zero-order valence-corrected chi connectivity index (χ0v) is 17.5. The van der Waals surface area contributed by atoms with Crippen molar-refractivity contribution in [2.75, 3.05) is 6.54 Å². The predicted octanol–water partition coefficient (Wildman–Crippen LogP) is -8.90. The third-order valence-corrected chi connectivity index (χ3v) is 1.31. The zero-order chi connectivity index (χ0) is 6.53. The van der Waals surface area contributed by atoms with Crippen LogP contribution in [0.1, 0.15) is 5.56 Å². The number of hydrogen-bond acceptors (Lipinski definition) is 0. The fraction of sp³-hybridized carbons (Fsp3) is 0.250. The van der Waals surface area contributed by atoms with Crippen molar-refractivity contribution in [3.63, 3.8) is 0 Å². The van der Waals surface area contributed by atoms with Crippen LogP contribution in [0.25, 0.3) is 0 Å². The van der Waals surface area contributed by atoms with Gasteiger partial charge in [0.05, 0.1) is 6.54 Å². The van der Waals surface area contributed by atoms with Crippen molar-refractivity contribution < 1.29 is 77.7 Å². The first-order valence-corrected chi connectivity index (χ1v) is 3.26. The summed E-state index contributed by atoms with van der Waals surface area (Å²) in [5.74, 6) is 0. The molecule has 0 fully saturated rings. The Balaban J connectivity index is -0.000000101. The van der Waals surface area contributed by atoms with Crippen LogP contribution in [0.4, 0.5) is 0 Å². The van der Waals surface area contributed by atoms with Crippen LogP contribution in [-0.2, 0) is 6.42 Å². The maximum absolute atomic E-state index is 3.78. The standard InChI is InChI=1S/C8H11N.3HI.Pb/c9-7-6-8-4-2-1-3-5-8;;;;/h1-5H,6-7,9H2;3*1H;/q;;;;+2/p-2. The fourth-order valence-electron chi connectivity index (χ4n) is 0.849. The molecule has 1 aromatic rings. The van der Waals surface area contributed by atoms with Crippen LogP contribution in [0, 0.1) is 0 Å². The van der Waals surface area contributed by atoms with Crippen LogP contribution in [0.2, 0.25) is 0 Å². The largest absolute Gasteiger partial charge is 2.00 e. The summed E-state index contributed by atoms with van der Waals surface area (Å²) in [4.78, 5) is 0. The van der Waals surface area contributed by atoms with Crippen LogP contribution in [0.3, 0.4) is 0 Å². The summed E-state index contributed by atoms with van der Waals surface area (Å²) in [5, 5.41) is 0. The molecule has 1 rings (SSSR count). The number of rotatable bonds is 2. The molecule has 1 nitrogen and oxygen atoms in total. The molecular weight excluding hydrogens is 698 g/mol. The maximum Gasteiger partial charge on any atom is 2.00 e. The maximum atomic E-state index is 3.78. The first-order valence-electron chi connectivity index (χ1n) is 3.26. The molecule has 0 amide bonds. The Kier molecular flexibility index (Phi) is 31.5. The minimum atomic E-state index is 0. The van der Waals surface area contributed by atoms with Crippen molar-refractivity contribution in [1.82, 2.24) is 0 Å². The average molecular weight is 710 g/mol. The summed E-state index contributed by atoms with van der Waals surface area (Å²) >= 11 is 0. The van der Waals surface area contributed by atoms with E-state index in [0.29, 0.717) is 0 Å². The predicted molar refractivity (Wildman–Crippen MR) is 43.7 cm³/mol. The second-order valence-electron chi connectivity index (χ2n) is 2.09. The molecule has 0 unspecified atom stereocenters. The Morgan fingerprint density at radius 2 is 1.38 bits per heavy atom. The van der Waals surface area contributed by atoms with Crippen molar-refractivity contribution in [3.05, 3.63) is 35.9 Å². The Hall–Kier alpha value is 2.29. The van der Waals surface area contributed by atoms with Crippen molar-refractivity contribution in [2.45, 2.75) is 6.42 Å². The molecule has 1 aromatic carbocycles. The van der Waals surface area contributed by atoms with Gasteiger partial charge in [-0.25, -0.2) is 0 Å².